The van der Waals surface area contributed by atoms with E-state index in [-0.39, 0.29) is 13.2 Å². The fourth-order valence-corrected chi connectivity index (χ4v) is 11.6. The highest BCUT2D eigenvalue weighted by molar-refractivity contribution is 5.56. The summed E-state index contributed by atoms with van der Waals surface area (Å²) in [6, 6.07) is 22.0. The van der Waals surface area contributed by atoms with Gasteiger partial charge in [-0.15, -0.1) is 0 Å². The number of nitrogens with zero attached hydrogens (tertiary/aromatic N) is 12. The number of aliphatic hydroxyl groups is 2. The smallest absolute Gasteiger partial charge is 0.138 e. The predicted molar refractivity (Wildman–Crippen MR) is 268 cm³/mol. The number of fused-ring (bicyclic) bond motifs is 4. The molecule has 0 radical (unpaired) electrons. The highest BCUT2D eigenvalue weighted by Gasteiger charge is 2.35. The van der Waals surface area contributed by atoms with Crippen molar-refractivity contribution in [2.45, 2.75) is 103 Å². The Morgan fingerprint density at radius 1 is 0.529 bits per heavy atom. The third-order valence-electron chi connectivity index (χ3n) is 15.9. The number of aryl methyl sites for hydroxylation is 2. The molecular weight excluding hydrogens is 849 g/mol. The van der Waals surface area contributed by atoms with Crippen LogP contribution >= 0.6 is 0 Å². The maximum absolute atomic E-state index is 10.5. The van der Waals surface area contributed by atoms with Crippen LogP contribution in [0.15, 0.2) is 73.1 Å². The number of rotatable bonds is 14. The van der Waals surface area contributed by atoms with E-state index in [1.54, 1.807) is 0 Å². The van der Waals surface area contributed by atoms with Gasteiger partial charge in [-0.2, -0.15) is 0 Å². The summed E-state index contributed by atoms with van der Waals surface area (Å²) in [5.74, 6) is 3.85. The first kappa shape index (κ1) is 45.5. The minimum Gasteiger partial charge on any atom is -0.390 e. The molecule has 14 heteroatoms. The number of pyridine rings is 4. The molecule has 0 spiro atoms. The molecule has 0 amide bonds. The summed E-state index contributed by atoms with van der Waals surface area (Å²) in [6.45, 7) is 11.9. The lowest BCUT2D eigenvalue weighted by Gasteiger charge is -2.35. The van der Waals surface area contributed by atoms with Gasteiger partial charge in [-0.3, -0.25) is 28.6 Å². The van der Waals surface area contributed by atoms with Crippen LogP contribution in [0.3, 0.4) is 0 Å². The van der Waals surface area contributed by atoms with E-state index in [1.807, 2.05) is 12.4 Å². The zero-order valence-electron chi connectivity index (χ0n) is 40.5. The normalized spacial score (nSPS) is 21.4. The molecule has 360 valence electrons. The number of imidazole rings is 2. The molecule has 4 aliphatic carbocycles. The van der Waals surface area contributed by atoms with Gasteiger partial charge in [-0.25, -0.2) is 9.97 Å². The Morgan fingerprint density at radius 3 is 1.35 bits per heavy atom. The van der Waals surface area contributed by atoms with Crippen molar-refractivity contribution in [1.29, 1.82) is 0 Å². The molecule has 2 N–H and O–H groups in total. The lowest BCUT2D eigenvalue weighted by Crippen LogP contribution is -2.45. The Kier molecular flexibility index (Phi) is 13.5. The molecule has 0 aromatic carbocycles. The van der Waals surface area contributed by atoms with Crippen LogP contribution in [0.5, 0.6) is 0 Å². The summed E-state index contributed by atoms with van der Waals surface area (Å²) in [7, 11) is 4.36. The molecular formula is C54H72N12O2. The molecule has 2 saturated heterocycles. The van der Waals surface area contributed by atoms with E-state index in [0.717, 1.165) is 162 Å². The van der Waals surface area contributed by atoms with Gasteiger partial charge in [-0.1, -0.05) is 24.3 Å². The summed E-state index contributed by atoms with van der Waals surface area (Å²) < 4.78 is 4.39. The molecule has 68 heavy (non-hydrogen) atoms. The van der Waals surface area contributed by atoms with Crippen molar-refractivity contribution in [3.05, 3.63) is 118 Å². The summed E-state index contributed by atoms with van der Waals surface area (Å²) in [6.07, 6.45) is 16.1. The van der Waals surface area contributed by atoms with Gasteiger partial charge in [-0.05, 0) is 138 Å². The first-order valence-corrected chi connectivity index (χ1v) is 25.8. The van der Waals surface area contributed by atoms with E-state index in [0.29, 0.717) is 12.1 Å². The number of piperazine rings is 2. The van der Waals surface area contributed by atoms with Gasteiger partial charge in [0.05, 0.1) is 59.5 Å². The number of aromatic nitrogens is 6. The van der Waals surface area contributed by atoms with E-state index in [1.165, 1.54) is 61.0 Å². The molecule has 0 unspecified atom stereocenters. The van der Waals surface area contributed by atoms with Crippen LogP contribution in [-0.4, -0.2) is 138 Å². The maximum Gasteiger partial charge on any atom is 0.138 e. The molecule has 2 atom stereocenters. The Hall–Kier alpha value is -4.96. The zero-order chi connectivity index (χ0) is 46.1. The van der Waals surface area contributed by atoms with Crippen LogP contribution in [0, 0.1) is 11.8 Å². The van der Waals surface area contributed by atoms with Crippen molar-refractivity contribution >= 4 is 22.9 Å². The number of hydrogen-bond donors (Lipinski definition) is 2. The van der Waals surface area contributed by atoms with Crippen LogP contribution in [0.1, 0.15) is 109 Å². The number of anilines is 2. The first-order chi connectivity index (χ1) is 33.4. The fourth-order valence-electron chi connectivity index (χ4n) is 11.6. The van der Waals surface area contributed by atoms with Gasteiger partial charge in [0.25, 0.3) is 0 Å². The van der Waals surface area contributed by atoms with Gasteiger partial charge in [0, 0.05) is 90.9 Å². The lowest BCUT2D eigenvalue weighted by molar-refractivity contribution is 0.155. The average molecular weight is 921 g/mol. The zero-order valence-corrected chi connectivity index (χ0v) is 40.5. The van der Waals surface area contributed by atoms with Crippen LogP contribution in [0.2, 0.25) is 0 Å². The van der Waals surface area contributed by atoms with Crippen LogP contribution in [0.4, 0.5) is 11.6 Å². The first-order valence-electron chi connectivity index (χ1n) is 25.8. The predicted octanol–water partition coefficient (Wildman–Crippen LogP) is 6.53. The number of hydrogen-bond acceptors (Lipinski definition) is 12. The van der Waals surface area contributed by atoms with Gasteiger partial charge < -0.3 is 29.8 Å². The van der Waals surface area contributed by atoms with Crippen molar-refractivity contribution in [3.63, 3.8) is 0 Å². The topological polar surface area (TPSA) is 120 Å². The van der Waals surface area contributed by atoms with E-state index in [9.17, 15) is 10.2 Å². The molecule has 6 aromatic rings. The fraction of sp³-hybridized carbons (Fsp3) is 0.556. The van der Waals surface area contributed by atoms with Gasteiger partial charge in [0.2, 0.25) is 0 Å². The molecule has 14 nitrogen and oxygen atoms in total. The number of aliphatic hydroxyl groups excluding tert-OH is 2. The van der Waals surface area contributed by atoms with Crippen LogP contribution in [-0.2, 0) is 39.1 Å². The van der Waals surface area contributed by atoms with Crippen LogP contribution < -0.4 is 9.80 Å². The molecule has 8 heterocycles. The highest BCUT2D eigenvalue weighted by Crippen LogP contribution is 2.40. The number of likely N-dealkylation sites (N-methyl/N-ethyl adjacent to an activating group) is 2. The van der Waals surface area contributed by atoms with Gasteiger partial charge >= 0.3 is 0 Å². The lowest BCUT2D eigenvalue weighted by atomic mass is 9.90. The van der Waals surface area contributed by atoms with Gasteiger partial charge in [0.15, 0.2) is 0 Å². The molecule has 12 rings (SSSR count). The van der Waals surface area contributed by atoms with Crippen LogP contribution in [0.25, 0.3) is 11.3 Å². The Labute approximate surface area is 402 Å². The molecule has 2 aliphatic heterocycles. The third-order valence-corrected chi connectivity index (χ3v) is 15.9. The largest absolute Gasteiger partial charge is 0.390 e. The molecule has 6 aromatic heterocycles. The third kappa shape index (κ3) is 9.65. The summed E-state index contributed by atoms with van der Waals surface area (Å²) >= 11 is 0. The van der Waals surface area contributed by atoms with E-state index in [2.05, 4.69) is 113 Å². The monoisotopic (exact) mass is 921 g/mol. The minimum absolute atomic E-state index is 0.00196. The van der Waals surface area contributed by atoms with Crippen molar-refractivity contribution in [1.82, 2.24) is 48.3 Å². The van der Waals surface area contributed by atoms with E-state index < -0.39 is 0 Å². The molecule has 2 saturated carbocycles. The minimum atomic E-state index is -0.00196. The quantitative estimate of drug-likeness (QED) is 0.124. The van der Waals surface area contributed by atoms with Crippen molar-refractivity contribution < 1.29 is 10.2 Å². The summed E-state index contributed by atoms with van der Waals surface area (Å²) in [4.78, 5) is 34.6. The molecule has 4 fully saturated rings. The molecule has 0 bridgehead atoms. The van der Waals surface area contributed by atoms with Gasteiger partial charge in [0.1, 0.15) is 22.9 Å². The van der Waals surface area contributed by atoms with Crippen molar-refractivity contribution in [2.24, 2.45) is 11.8 Å². The van der Waals surface area contributed by atoms with E-state index >= 15 is 0 Å². The second-order valence-electron chi connectivity index (χ2n) is 20.7. The molecule has 6 aliphatic rings. The second-order valence-corrected chi connectivity index (χ2v) is 20.7. The van der Waals surface area contributed by atoms with E-state index in [4.69, 9.17) is 19.9 Å². The Balaban J connectivity index is 0.000000149. The Morgan fingerprint density at radius 2 is 0.956 bits per heavy atom. The van der Waals surface area contributed by atoms with Crippen molar-refractivity contribution in [2.75, 3.05) is 89.3 Å². The Bertz CT molecular complexity index is 2480. The average Bonchev–Trinajstić information content (AvgIpc) is 4.31. The second kappa shape index (κ2) is 20.2. The SMILES string of the molecule is CN1CCN(c2cccc3nc(CN(CC4CC4)[C@H]4CCCc5cccnc54)c(CO)n23)CC1.CN1CCN(c2cccc3nc(CN(CC4CC4)[C@H]4CCCc5cccnc54)c(CO)n23)CC1. The summed E-state index contributed by atoms with van der Waals surface area (Å²) in [5, 5.41) is 21.1. The highest BCUT2D eigenvalue weighted by atomic mass is 16.3. The standard InChI is InChI=1S/2C27H36N6O/c2*1-30-13-15-31(16-14-30)26-9-3-8-25-29-22(24(19-34)33(25)26)18-32(17-20-10-11-20)23-7-2-5-21-6-4-12-28-27(21)23/h2*3-4,6,8-9,12,20,23,34H,2,5,7,10-11,13-19H2,1H3/t2*23-/m00/s1. The maximum atomic E-state index is 10.5. The van der Waals surface area contributed by atoms with Crippen molar-refractivity contribution in [3.8, 4) is 0 Å². The summed E-state index contributed by atoms with van der Waals surface area (Å²) in [5.41, 5.74) is 11.0.